The van der Waals surface area contributed by atoms with Gasteiger partial charge in [0.15, 0.2) is 0 Å². The summed E-state index contributed by atoms with van der Waals surface area (Å²) >= 11 is 0. The van der Waals surface area contributed by atoms with Crippen LogP contribution in [0.3, 0.4) is 0 Å². The van der Waals surface area contributed by atoms with Gasteiger partial charge in [0.05, 0.1) is 6.20 Å². The molecular weight excluding hydrogens is 212 g/mol. The monoisotopic (exact) mass is 232 g/mol. The van der Waals surface area contributed by atoms with E-state index in [1.807, 2.05) is 18.9 Å². The summed E-state index contributed by atoms with van der Waals surface area (Å²) in [5.41, 5.74) is 0.648. The predicted molar refractivity (Wildman–Crippen MR) is 68.8 cm³/mol. The Morgan fingerprint density at radius 3 is 2.47 bits per heavy atom. The van der Waals surface area contributed by atoms with Gasteiger partial charge in [0.25, 0.3) is 0 Å². The molecule has 0 fully saturated rings. The van der Waals surface area contributed by atoms with Crippen LogP contribution >= 0.6 is 0 Å². The van der Waals surface area contributed by atoms with E-state index in [-0.39, 0.29) is 11.5 Å². The van der Waals surface area contributed by atoms with Crippen molar-refractivity contribution < 1.29 is 0 Å². The zero-order chi connectivity index (χ0) is 13.2. The summed E-state index contributed by atoms with van der Waals surface area (Å²) in [6, 6.07) is 2.42. The van der Waals surface area contributed by atoms with Crippen LogP contribution in [0.25, 0.3) is 0 Å². The molecule has 92 valence electrons. The van der Waals surface area contributed by atoms with Gasteiger partial charge in [-0.1, -0.05) is 20.8 Å². The molecule has 0 N–H and O–H groups in total. The van der Waals surface area contributed by atoms with Gasteiger partial charge in [0.1, 0.15) is 23.3 Å². The molecule has 1 rings (SSSR count). The summed E-state index contributed by atoms with van der Waals surface area (Å²) in [4.78, 5) is 10.5. The van der Waals surface area contributed by atoms with Crippen molar-refractivity contribution in [1.82, 2.24) is 9.97 Å². The number of nitriles is 1. The molecule has 0 radical (unpaired) electrons. The van der Waals surface area contributed by atoms with Gasteiger partial charge in [-0.3, -0.25) is 0 Å². The number of nitrogens with zero attached hydrogens (tertiary/aromatic N) is 4. The number of hydrogen-bond donors (Lipinski definition) is 0. The van der Waals surface area contributed by atoms with Crippen LogP contribution in [0.15, 0.2) is 6.20 Å². The molecule has 1 aromatic rings. The second kappa shape index (κ2) is 4.70. The molecule has 0 bridgehead atoms. The Morgan fingerprint density at radius 2 is 2.00 bits per heavy atom. The molecule has 0 aliphatic rings. The van der Waals surface area contributed by atoms with Crippen LogP contribution in [-0.2, 0) is 0 Å². The van der Waals surface area contributed by atoms with Crippen LogP contribution in [0.4, 0.5) is 5.82 Å². The summed E-state index contributed by atoms with van der Waals surface area (Å²) in [7, 11) is 1.97. The lowest BCUT2D eigenvalue weighted by Gasteiger charge is -2.36. The first-order valence-electron chi connectivity index (χ1n) is 5.74. The van der Waals surface area contributed by atoms with E-state index in [4.69, 9.17) is 5.26 Å². The maximum Gasteiger partial charge on any atom is 0.150 e. The highest BCUT2D eigenvalue weighted by Crippen LogP contribution is 2.27. The summed E-state index contributed by atoms with van der Waals surface area (Å²) in [5, 5.41) is 9.09. The topological polar surface area (TPSA) is 52.8 Å². The molecule has 0 amide bonds. The molecule has 1 heterocycles. The molecule has 0 spiro atoms. The van der Waals surface area contributed by atoms with Crippen LogP contribution < -0.4 is 4.90 Å². The van der Waals surface area contributed by atoms with Crippen molar-refractivity contribution in [3.63, 3.8) is 0 Å². The van der Waals surface area contributed by atoms with Crippen LogP contribution in [-0.4, -0.2) is 23.1 Å². The molecule has 17 heavy (non-hydrogen) atoms. The minimum atomic E-state index is 0.125. The fraction of sp³-hybridized carbons (Fsp3) is 0.615. The normalized spacial score (nSPS) is 13.0. The summed E-state index contributed by atoms with van der Waals surface area (Å²) in [6.45, 7) is 10.5. The van der Waals surface area contributed by atoms with Crippen molar-refractivity contribution in [2.24, 2.45) is 5.41 Å². The van der Waals surface area contributed by atoms with Gasteiger partial charge in [0.2, 0.25) is 0 Å². The molecule has 1 unspecified atom stereocenters. The first-order valence-corrected chi connectivity index (χ1v) is 5.74. The minimum absolute atomic E-state index is 0.125. The van der Waals surface area contributed by atoms with Gasteiger partial charge in [-0.2, -0.15) is 5.26 Å². The highest BCUT2D eigenvalue weighted by Gasteiger charge is 2.26. The highest BCUT2D eigenvalue weighted by molar-refractivity contribution is 5.53. The van der Waals surface area contributed by atoms with Crippen molar-refractivity contribution in [3.05, 3.63) is 17.6 Å². The van der Waals surface area contributed by atoms with Gasteiger partial charge in [-0.15, -0.1) is 0 Å². The third kappa shape index (κ3) is 2.94. The van der Waals surface area contributed by atoms with Gasteiger partial charge >= 0.3 is 0 Å². The molecular formula is C13H20N4. The predicted octanol–water partition coefficient (Wildman–Crippen LogP) is 2.53. The number of rotatable bonds is 2. The Hall–Kier alpha value is -1.63. The SMILES string of the molecule is Cc1ncc(C#N)c(N(C)C(C)C(C)(C)C)n1. The lowest BCUT2D eigenvalue weighted by atomic mass is 9.87. The van der Waals surface area contributed by atoms with Crippen molar-refractivity contribution in [2.75, 3.05) is 11.9 Å². The zero-order valence-corrected chi connectivity index (χ0v) is 11.4. The van der Waals surface area contributed by atoms with Crippen LogP contribution in [0.2, 0.25) is 0 Å². The van der Waals surface area contributed by atoms with Crippen molar-refractivity contribution in [2.45, 2.75) is 40.7 Å². The quantitative estimate of drug-likeness (QED) is 0.786. The summed E-state index contributed by atoms with van der Waals surface area (Å²) in [5.74, 6) is 1.40. The van der Waals surface area contributed by atoms with Crippen molar-refractivity contribution in [1.29, 1.82) is 5.26 Å². The third-order valence-corrected chi connectivity index (χ3v) is 3.18. The van der Waals surface area contributed by atoms with Crippen LogP contribution in [0.5, 0.6) is 0 Å². The smallest absolute Gasteiger partial charge is 0.150 e. The average Bonchev–Trinajstić information content (AvgIpc) is 2.25. The molecule has 1 atom stereocenters. The fourth-order valence-electron chi connectivity index (χ4n) is 1.57. The van der Waals surface area contributed by atoms with Gasteiger partial charge in [-0.25, -0.2) is 9.97 Å². The van der Waals surface area contributed by atoms with Crippen LogP contribution in [0, 0.1) is 23.7 Å². The standard InChI is InChI=1S/C13H20N4/c1-9(13(3,4)5)17(6)12-11(7-14)8-15-10(2)16-12/h8-9H,1-6H3. The Morgan fingerprint density at radius 1 is 1.41 bits per heavy atom. The number of aryl methyl sites for hydroxylation is 1. The van der Waals surface area contributed by atoms with E-state index in [9.17, 15) is 0 Å². The van der Waals surface area contributed by atoms with Crippen molar-refractivity contribution >= 4 is 5.82 Å². The molecule has 0 saturated heterocycles. The van der Waals surface area contributed by atoms with E-state index < -0.39 is 0 Å². The molecule has 0 saturated carbocycles. The average molecular weight is 232 g/mol. The molecule has 0 aliphatic heterocycles. The highest BCUT2D eigenvalue weighted by atomic mass is 15.2. The van der Waals surface area contributed by atoms with Gasteiger partial charge in [-0.05, 0) is 19.3 Å². The molecule has 1 aromatic heterocycles. The van der Waals surface area contributed by atoms with E-state index in [0.717, 1.165) is 0 Å². The van der Waals surface area contributed by atoms with Crippen molar-refractivity contribution in [3.8, 4) is 6.07 Å². The van der Waals surface area contributed by atoms with E-state index in [1.54, 1.807) is 6.20 Å². The molecule has 4 nitrogen and oxygen atoms in total. The first kappa shape index (κ1) is 13.4. The Labute approximate surface area is 103 Å². The number of aromatic nitrogens is 2. The molecule has 4 heteroatoms. The third-order valence-electron chi connectivity index (χ3n) is 3.18. The molecule has 0 aromatic carbocycles. The first-order chi connectivity index (χ1) is 7.77. The Balaban J connectivity index is 3.16. The number of hydrogen-bond acceptors (Lipinski definition) is 4. The maximum atomic E-state index is 9.09. The lowest BCUT2D eigenvalue weighted by Crippen LogP contribution is -2.40. The Kier molecular flexibility index (Phi) is 3.72. The zero-order valence-electron chi connectivity index (χ0n) is 11.4. The molecule has 0 aliphatic carbocycles. The second-order valence-corrected chi connectivity index (χ2v) is 5.42. The van der Waals surface area contributed by atoms with E-state index >= 15 is 0 Å². The Bertz CT molecular complexity index is 440. The lowest BCUT2D eigenvalue weighted by molar-refractivity contribution is 0.328. The van der Waals surface area contributed by atoms with Gasteiger partial charge < -0.3 is 4.90 Å². The summed E-state index contributed by atoms with van der Waals surface area (Å²) < 4.78 is 0. The number of anilines is 1. The summed E-state index contributed by atoms with van der Waals surface area (Å²) in [6.07, 6.45) is 1.59. The largest absolute Gasteiger partial charge is 0.355 e. The van der Waals surface area contributed by atoms with Crippen LogP contribution in [0.1, 0.15) is 39.1 Å². The second-order valence-electron chi connectivity index (χ2n) is 5.42. The maximum absolute atomic E-state index is 9.09. The van der Waals surface area contributed by atoms with E-state index in [0.29, 0.717) is 17.2 Å². The minimum Gasteiger partial charge on any atom is -0.355 e. The van der Waals surface area contributed by atoms with E-state index in [1.165, 1.54) is 0 Å². The fourth-order valence-corrected chi connectivity index (χ4v) is 1.57. The van der Waals surface area contributed by atoms with Gasteiger partial charge in [0, 0.05) is 13.1 Å². The van der Waals surface area contributed by atoms with E-state index in [2.05, 4.69) is 43.7 Å².